The van der Waals surface area contributed by atoms with Crippen LogP contribution in [0.25, 0.3) is 0 Å². The fraction of sp³-hybridized carbons (Fsp3) is 0.667. The summed E-state index contributed by atoms with van der Waals surface area (Å²) in [5.41, 5.74) is 0.536. The van der Waals surface area contributed by atoms with E-state index in [9.17, 15) is 4.79 Å². The summed E-state index contributed by atoms with van der Waals surface area (Å²) in [6, 6.07) is 0. The lowest BCUT2D eigenvalue weighted by Crippen LogP contribution is -2.03. The van der Waals surface area contributed by atoms with E-state index in [2.05, 4.69) is 11.3 Å². The SMILES string of the molecule is C=C(CCCCOC)C(=O)OC. The third kappa shape index (κ3) is 4.91. The van der Waals surface area contributed by atoms with Gasteiger partial charge in [0.2, 0.25) is 0 Å². The number of rotatable bonds is 6. The standard InChI is InChI=1S/C9H16O3/c1-8(9(10)12-3)6-4-5-7-11-2/h1,4-7H2,2-3H3. The number of carbonyl (C=O) groups is 1. The molecule has 0 aromatic heterocycles. The van der Waals surface area contributed by atoms with Gasteiger partial charge in [-0.25, -0.2) is 4.79 Å². The molecule has 0 N–H and O–H groups in total. The maximum absolute atomic E-state index is 10.8. The predicted octanol–water partition coefficient (Wildman–Crippen LogP) is 1.53. The Morgan fingerprint density at radius 1 is 1.33 bits per heavy atom. The van der Waals surface area contributed by atoms with E-state index in [1.165, 1.54) is 7.11 Å². The molecule has 0 saturated heterocycles. The van der Waals surface area contributed by atoms with Crippen LogP contribution in [0.3, 0.4) is 0 Å². The molecule has 0 amide bonds. The van der Waals surface area contributed by atoms with Crippen molar-refractivity contribution in [3.63, 3.8) is 0 Å². The van der Waals surface area contributed by atoms with Gasteiger partial charge in [0, 0.05) is 19.3 Å². The van der Waals surface area contributed by atoms with E-state index in [1.807, 2.05) is 0 Å². The van der Waals surface area contributed by atoms with E-state index in [0.717, 1.165) is 19.4 Å². The number of carbonyl (C=O) groups excluding carboxylic acids is 1. The number of hydrogen-bond donors (Lipinski definition) is 0. The average Bonchev–Trinajstić information content (AvgIpc) is 2.10. The largest absolute Gasteiger partial charge is 0.466 e. The molecule has 0 aromatic rings. The molecule has 12 heavy (non-hydrogen) atoms. The molecule has 0 fully saturated rings. The lowest BCUT2D eigenvalue weighted by molar-refractivity contribution is -0.136. The van der Waals surface area contributed by atoms with E-state index in [4.69, 9.17) is 4.74 Å². The van der Waals surface area contributed by atoms with Crippen molar-refractivity contribution in [3.8, 4) is 0 Å². The summed E-state index contributed by atoms with van der Waals surface area (Å²) in [7, 11) is 3.03. The second-order valence-corrected chi connectivity index (χ2v) is 2.55. The van der Waals surface area contributed by atoms with Gasteiger partial charge >= 0.3 is 5.97 Å². The summed E-state index contributed by atoms with van der Waals surface area (Å²) < 4.78 is 9.36. The summed E-state index contributed by atoms with van der Waals surface area (Å²) in [4.78, 5) is 10.8. The lowest BCUT2D eigenvalue weighted by Gasteiger charge is -2.02. The maximum Gasteiger partial charge on any atom is 0.333 e. The van der Waals surface area contributed by atoms with Crippen LogP contribution in [0, 0.1) is 0 Å². The number of unbranched alkanes of at least 4 members (excludes halogenated alkanes) is 1. The van der Waals surface area contributed by atoms with Gasteiger partial charge in [-0.05, 0) is 19.3 Å². The minimum Gasteiger partial charge on any atom is -0.466 e. The summed E-state index contributed by atoms with van der Waals surface area (Å²) in [5, 5.41) is 0. The van der Waals surface area contributed by atoms with Gasteiger partial charge in [-0.15, -0.1) is 0 Å². The van der Waals surface area contributed by atoms with Crippen LogP contribution in [0.1, 0.15) is 19.3 Å². The highest BCUT2D eigenvalue weighted by Crippen LogP contribution is 2.06. The predicted molar refractivity (Wildman–Crippen MR) is 46.9 cm³/mol. The third-order valence-corrected chi connectivity index (χ3v) is 1.55. The minimum absolute atomic E-state index is 0.313. The van der Waals surface area contributed by atoms with E-state index >= 15 is 0 Å². The van der Waals surface area contributed by atoms with Crippen molar-refractivity contribution in [1.82, 2.24) is 0 Å². The molecular formula is C9H16O3. The normalized spacial score (nSPS) is 9.50. The topological polar surface area (TPSA) is 35.5 Å². The fourth-order valence-corrected chi connectivity index (χ4v) is 0.831. The molecule has 0 aromatic carbocycles. The van der Waals surface area contributed by atoms with Crippen molar-refractivity contribution in [2.45, 2.75) is 19.3 Å². The zero-order chi connectivity index (χ0) is 9.40. The quantitative estimate of drug-likeness (QED) is 0.346. The first-order valence-corrected chi connectivity index (χ1v) is 3.97. The Morgan fingerprint density at radius 2 is 2.00 bits per heavy atom. The van der Waals surface area contributed by atoms with Crippen molar-refractivity contribution in [1.29, 1.82) is 0 Å². The molecule has 0 aliphatic heterocycles. The first-order valence-electron chi connectivity index (χ1n) is 3.97. The zero-order valence-corrected chi connectivity index (χ0v) is 7.76. The van der Waals surface area contributed by atoms with Gasteiger partial charge in [0.25, 0.3) is 0 Å². The highest BCUT2D eigenvalue weighted by Gasteiger charge is 2.04. The summed E-state index contributed by atoms with van der Waals surface area (Å²) in [6.07, 6.45) is 2.56. The van der Waals surface area contributed by atoms with Crippen molar-refractivity contribution in [2.24, 2.45) is 0 Å². The van der Waals surface area contributed by atoms with E-state index < -0.39 is 0 Å². The minimum atomic E-state index is -0.313. The first kappa shape index (κ1) is 11.2. The molecule has 0 saturated carbocycles. The fourth-order valence-electron chi connectivity index (χ4n) is 0.831. The lowest BCUT2D eigenvalue weighted by atomic mass is 10.1. The number of hydrogen-bond acceptors (Lipinski definition) is 3. The van der Waals surface area contributed by atoms with Crippen molar-refractivity contribution in [2.75, 3.05) is 20.8 Å². The van der Waals surface area contributed by atoms with Crippen LogP contribution >= 0.6 is 0 Å². The first-order chi connectivity index (χ1) is 5.72. The second kappa shape index (κ2) is 6.85. The van der Waals surface area contributed by atoms with Crippen LogP contribution in [0.2, 0.25) is 0 Å². The zero-order valence-electron chi connectivity index (χ0n) is 7.76. The van der Waals surface area contributed by atoms with Gasteiger partial charge in [0.15, 0.2) is 0 Å². The Hall–Kier alpha value is -0.830. The Bertz CT molecular complexity index is 152. The summed E-state index contributed by atoms with van der Waals surface area (Å²) >= 11 is 0. The molecule has 70 valence electrons. The molecule has 0 heterocycles. The maximum atomic E-state index is 10.8. The molecular weight excluding hydrogens is 156 g/mol. The monoisotopic (exact) mass is 172 g/mol. The van der Waals surface area contributed by atoms with Crippen LogP contribution < -0.4 is 0 Å². The van der Waals surface area contributed by atoms with E-state index in [0.29, 0.717) is 12.0 Å². The summed E-state index contributed by atoms with van der Waals surface area (Å²) in [6.45, 7) is 4.34. The second-order valence-electron chi connectivity index (χ2n) is 2.55. The molecule has 0 radical (unpaired) electrons. The summed E-state index contributed by atoms with van der Waals surface area (Å²) in [5.74, 6) is -0.313. The van der Waals surface area contributed by atoms with Crippen LogP contribution in [-0.4, -0.2) is 26.8 Å². The van der Waals surface area contributed by atoms with Gasteiger partial charge in [0.05, 0.1) is 7.11 Å². The van der Waals surface area contributed by atoms with E-state index in [1.54, 1.807) is 7.11 Å². The number of esters is 1. The van der Waals surface area contributed by atoms with Crippen molar-refractivity contribution in [3.05, 3.63) is 12.2 Å². The molecule has 0 aliphatic rings. The highest BCUT2D eigenvalue weighted by atomic mass is 16.5. The van der Waals surface area contributed by atoms with Gasteiger partial charge < -0.3 is 9.47 Å². The van der Waals surface area contributed by atoms with Gasteiger partial charge in [-0.3, -0.25) is 0 Å². The third-order valence-electron chi connectivity index (χ3n) is 1.55. The molecule has 0 spiro atoms. The van der Waals surface area contributed by atoms with E-state index in [-0.39, 0.29) is 5.97 Å². The van der Waals surface area contributed by atoms with Crippen LogP contribution in [-0.2, 0) is 14.3 Å². The van der Waals surface area contributed by atoms with Crippen LogP contribution in [0.4, 0.5) is 0 Å². The molecule has 3 nitrogen and oxygen atoms in total. The van der Waals surface area contributed by atoms with Crippen molar-refractivity contribution >= 4 is 5.97 Å². The average molecular weight is 172 g/mol. The van der Waals surface area contributed by atoms with Crippen LogP contribution in [0.5, 0.6) is 0 Å². The Labute approximate surface area is 73.4 Å². The van der Waals surface area contributed by atoms with Crippen LogP contribution in [0.15, 0.2) is 12.2 Å². The molecule has 0 atom stereocenters. The molecule has 3 heteroatoms. The van der Waals surface area contributed by atoms with Gasteiger partial charge in [0.1, 0.15) is 0 Å². The Morgan fingerprint density at radius 3 is 2.50 bits per heavy atom. The number of ether oxygens (including phenoxy) is 2. The van der Waals surface area contributed by atoms with Gasteiger partial charge in [-0.1, -0.05) is 6.58 Å². The highest BCUT2D eigenvalue weighted by molar-refractivity contribution is 5.87. The Balaban J connectivity index is 3.38. The molecule has 0 rings (SSSR count). The Kier molecular flexibility index (Phi) is 6.38. The number of methoxy groups -OCH3 is 2. The molecule has 0 aliphatic carbocycles. The molecule has 0 unspecified atom stereocenters. The molecule has 0 bridgehead atoms. The smallest absolute Gasteiger partial charge is 0.333 e. The van der Waals surface area contributed by atoms with Gasteiger partial charge in [-0.2, -0.15) is 0 Å². The van der Waals surface area contributed by atoms with Crippen molar-refractivity contribution < 1.29 is 14.3 Å².